The van der Waals surface area contributed by atoms with Gasteiger partial charge in [-0.25, -0.2) is 0 Å². The molecule has 32 atom stereocenters. The minimum absolute atomic E-state index is 0.0192. The van der Waals surface area contributed by atoms with E-state index in [1.807, 2.05) is 69.2 Å². The van der Waals surface area contributed by atoms with Gasteiger partial charge in [0.05, 0.1) is 64.1 Å². The molecule has 0 aromatic rings. The Morgan fingerprint density at radius 2 is 0.570 bits per heavy atom. The number of esters is 7. The second-order valence-corrected chi connectivity index (χ2v) is 27.9. The van der Waals surface area contributed by atoms with E-state index in [0.717, 1.165) is 0 Å². The summed E-state index contributed by atoms with van der Waals surface area (Å²) in [7, 11) is 0. The Morgan fingerprint density at radius 1 is 0.301 bits per heavy atom. The summed E-state index contributed by atoms with van der Waals surface area (Å²) >= 11 is 3.62. The van der Waals surface area contributed by atoms with Gasteiger partial charge < -0.3 is 94.7 Å². The van der Waals surface area contributed by atoms with Gasteiger partial charge in [0.2, 0.25) is 0 Å². The number of hydrogen-bond donors (Lipinski definition) is 0. The Bertz CT molecular complexity index is 2490. The van der Waals surface area contributed by atoms with Crippen LogP contribution in [-0.4, -0.2) is 210 Å². The highest BCUT2D eigenvalue weighted by Gasteiger charge is 2.57. The lowest BCUT2D eigenvalue weighted by Crippen LogP contribution is -2.64. The zero-order valence-corrected chi connectivity index (χ0v) is 58.9. The Morgan fingerprint density at radius 3 is 0.892 bits per heavy atom. The molecule has 7 heterocycles. The van der Waals surface area contributed by atoms with E-state index in [1.54, 1.807) is 13.8 Å². The predicted molar refractivity (Wildman–Crippen MR) is 325 cm³/mol. The van der Waals surface area contributed by atoms with Crippen molar-refractivity contribution < 1.29 is 128 Å². The molecule has 7 aliphatic heterocycles. The smallest absolute Gasteiger partial charge is 0.303 e. The minimum Gasteiger partial charge on any atom is -0.463 e. The van der Waals surface area contributed by atoms with Crippen molar-refractivity contribution in [3.05, 3.63) is 0 Å². The SMILES string of the molecule is CC(=O)OC[C@@H]1O[C@H](Br)C(C)C(C)[C@@H]1O[C@@H]1OC(CO[C@H]2OC[C@@H](C)[C@H](C)C2OC(C)=O)[C@@H](O[C@@H]2O[C@@H](CO[C@H]3OC[C@@H](C)C(C)C3OC(C)=O)[C@@H](O[C@@H]3OC(CO[C@H]4OC[C@@H](C)[C@H](C)C4OC(C)=O)[C@@H](C)[C@H](C)C3OC(C)=O)C(C)C2OC(C)=O)[C@H](C)C1OC(C)=O. The molecular formula is C65H103BrO27. The van der Waals surface area contributed by atoms with Crippen molar-refractivity contribution in [2.45, 2.75) is 254 Å². The number of halogens is 1. The molecule has 7 fully saturated rings. The van der Waals surface area contributed by atoms with E-state index in [2.05, 4.69) is 15.9 Å². The van der Waals surface area contributed by atoms with Crippen molar-refractivity contribution in [2.24, 2.45) is 71.0 Å². The molecule has 0 radical (unpaired) electrons. The van der Waals surface area contributed by atoms with Gasteiger partial charge in [-0.1, -0.05) is 99.0 Å². The normalized spacial score (nSPS) is 43.8. The van der Waals surface area contributed by atoms with Gasteiger partial charge in [-0.3, -0.25) is 33.6 Å². The first-order valence-corrected chi connectivity index (χ1v) is 33.8. The molecule has 12 unspecified atom stereocenters. The summed E-state index contributed by atoms with van der Waals surface area (Å²) < 4.78 is 128. The van der Waals surface area contributed by atoms with E-state index < -0.39 is 182 Å². The molecule has 7 aliphatic rings. The Kier molecular flexibility index (Phi) is 28.1. The molecule has 7 rings (SSSR count). The number of alkyl halides is 1. The molecule has 0 N–H and O–H groups in total. The molecule has 7 saturated heterocycles. The van der Waals surface area contributed by atoms with Crippen LogP contribution in [0, 0.1) is 71.0 Å². The Balaban J connectivity index is 1.28. The van der Waals surface area contributed by atoms with Crippen LogP contribution in [0.4, 0.5) is 0 Å². The van der Waals surface area contributed by atoms with Crippen molar-refractivity contribution in [1.29, 1.82) is 0 Å². The van der Waals surface area contributed by atoms with Crippen LogP contribution in [0.2, 0.25) is 0 Å². The maximum atomic E-state index is 13.6. The van der Waals surface area contributed by atoms with Gasteiger partial charge in [-0.15, -0.1) is 0 Å². The van der Waals surface area contributed by atoms with Crippen LogP contribution >= 0.6 is 15.9 Å². The maximum Gasteiger partial charge on any atom is 0.303 e. The van der Waals surface area contributed by atoms with Crippen molar-refractivity contribution in [2.75, 3.05) is 46.2 Å². The van der Waals surface area contributed by atoms with E-state index in [-0.39, 0.29) is 92.9 Å². The highest BCUT2D eigenvalue weighted by atomic mass is 79.9. The molecule has 28 heteroatoms. The standard InChI is InChI=1S/C65H103BrO27/c1-27-20-75-60(53(30(27)4)81-40(14)68)78-23-46-33(7)34(8)56(84-43(17)71)63(88-46)92-51-37(11)58(86-45(19)73)65(90-48(51)25-79-61-54(82-41(15)69)31(5)28(2)21-76-61)93-52-38(12)57(85-44(18)72)64(91-50-35(9)36(10)59(66)87-47(50)24-74-39(13)67)89-49(52)26-80-62-55(83-42(16)70)32(6)29(3)22-77-62/h27-38,46-65H,20-26H2,1-19H3/t27-,28-,29-,30+,31?,32+,33+,34+,35?,36?,37?,38+,46?,47+,48+,49?,50+,51+,52+,53?,54?,55?,56?,57?,58?,59+,60-,61-,62-,63+,64+,65+/m1/s1. The summed E-state index contributed by atoms with van der Waals surface area (Å²) in [6.45, 7) is 31.9. The van der Waals surface area contributed by atoms with Crippen LogP contribution < -0.4 is 0 Å². The average Bonchev–Trinajstić information content (AvgIpc) is 0.789. The molecule has 0 aliphatic carbocycles. The number of ether oxygens (including phenoxy) is 20. The molecule has 532 valence electrons. The Labute approximate surface area is 554 Å². The fraction of sp³-hybridized carbons (Fsp3) is 0.892. The highest BCUT2D eigenvalue weighted by Crippen LogP contribution is 2.44. The van der Waals surface area contributed by atoms with Gasteiger partial charge in [-0.2, -0.15) is 0 Å². The number of hydrogen-bond acceptors (Lipinski definition) is 27. The molecular weight excluding hydrogens is 1290 g/mol. The van der Waals surface area contributed by atoms with Crippen molar-refractivity contribution >= 4 is 57.7 Å². The van der Waals surface area contributed by atoms with E-state index in [9.17, 15) is 33.6 Å². The summed E-state index contributed by atoms with van der Waals surface area (Å²) in [6, 6.07) is 0. The molecule has 27 nitrogen and oxygen atoms in total. The maximum absolute atomic E-state index is 13.6. The van der Waals surface area contributed by atoms with Crippen molar-refractivity contribution in [1.82, 2.24) is 0 Å². The lowest BCUT2D eigenvalue weighted by Gasteiger charge is -2.51. The molecule has 93 heavy (non-hydrogen) atoms. The third-order valence-corrected chi connectivity index (χ3v) is 21.0. The molecule has 0 saturated carbocycles. The molecule has 0 bridgehead atoms. The first kappa shape index (κ1) is 76.6. The molecule has 0 aromatic carbocycles. The molecule has 0 aromatic heterocycles. The fourth-order valence-corrected chi connectivity index (χ4v) is 14.0. The summed E-state index contributed by atoms with van der Waals surface area (Å²) in [4.78, 5) is 89.7. The average molecular weight is 1400 g/mol. The van der Waals surface area contributed by atoms with Gasteiger partial charge in [0.15, 0.2) is 74.4 Å². The first-order chi connectivity index (χ1) is 43.8. The minimum atomic E-state index is -1.53. The van der Waals surface area contributed by atoms with Gasteiger partial charge in [0.25, 0.3) is 0 Å². The van der Waals surface area contributed by atoms with Gasteiger partial charge >= 0.3 is 41.8 Å². The highest BCUT2D eigenvalue weighted by molar-refractivity contribution is 9.09. The van der Waals surface area contributed by atoms with Crippen molar-refractivity contribution in [3.8, 4) is 0 Å². The van der Waals surface area contributed by atoms with Gasteiger partial charge in [0.1, 0.15) is 29.9 Å². The topological polar surface area (TPSA) is 304 Å². The third kappa shape index (κ3) is 19.5. The summed E-state index contributed by atoms with van der Waals surface area (Å²) in [5.41, 5.74) is 0. The van der Waals surface area contributed by atoms with Crippen LogP contribution in [0.25, 0.3) is 0 Å². The van der Waals surface area contributed by atoms with Crippen LogP contribution in [0.15, 0.2) is 0 Å². The van der Waals surface area contributed by atoms with Crippen LogP contribution in [-0.2, 0) is 128 Å². The number of carbonyl (C=O) groups excluding carboxylic acids is 7. The van der Waals surface area contributed by atoms with E-state index in [0.29, 0.717) is 6.61 Å². The second kappa shape index (κ2) is 34.2. The third-order valence-electron chi connectivity index (χ3n) is 19.9. The van der Waals surface area contributed by atoms with Crippen LogP contribution in [0.3, 0.4) is 0 Å². The predicted octanol–water partition coefficient (Wildman–Crippen LogP) is 6.34. The first-order valence-electron chi connectivity index (χ1n) is 32.8. The van der Waals surface area contributed by atoms with Gasteiger partial charge in [0, 0.05) is 84.0 Å². The lowest BCUT2D eigenvalue weighted by atomic mass is 9.83. The van der Waals surface area contributed by atoms with Gasteiger partial charge in [-0.05, 0) is 35.5 Å². The zero-order valence-electron chi connectivity index (χ0n) is 57.3. The quantitative estimate of drug-likeness (QED) is 0.0612. The zero-order chi connectivity index (χ0) is 68.6. The molecule has 0 spiro atoms. The summed E-state index contributed by atoms with van der Waals surface area (Å²) in [5, 5.41) is -0.443. The van der Waals surface area contributed by atoms with E-state index in [1.165, 1.54) is 48.5 Å². The van der Waals surface area contributed by atoms with E-state index in [4.69, 9.17) is 94.7 Å². The second-order valence-electron chi connectivity index (χ2n) is 27.0. The van der Waals surface area contributed by atoms with E-state index >= 15 is 0 Å². The largest absolute Gasteiger partial charge is 0.463 e. The van der Waals surface area contributed by atoms with Crippen LogP contribution in [0.5, 0.6) is 0 Å². The summed E-state index contributed by atoms with van der Waals surface area (Å²) in [5.74, 6) is -7.64. The lowest BCUT2D eigenvalue weighted by molar-refractivity contribution is -0.379. The number of carbonyl (C=O) groups is 7. The monoisotopic (exact) mass is 1390 g/mol. The fourth-order valence-electron chi connectivity index (χ4n) is 13.2. The Hall–Kier alpha value is -3.75. The number of rotatable bonds is 23. The summed E-state index contributed by atoms with van der Waals surface area (Å²) in [6.07, 6.45) is -20.5. The van der Waals surface area contributed by atoms with Crippen LogP contribution in [0.1, 0.15) is 132 Å². The van der Waals surface area contributed by atoms with Crippen molar-refractivity contribution in [3.63, 3.8) is 0 Å². The molecule has 0 amide bonds.